The van der Waals surface area contributed by atoms with Crippen LogP contribution in [0.1, 0.15) is 30.8 Å². The van der Waals surface area contributed by atoms with Gasteiger partial charge in [-0.05, 0) is 32.4 Å². The zero-order chi connectivity index (χ0) is 10.1. The van der Waals surface area contributed by atoms with Crippen molar-refractivity contribution < 1.29 is 4.79 Å². The van der Waals surface area contributed by atoms with Gasteiger partial charge in [0.1, 0.15) is 5.69 Å². The van der Waals surface area contributed by atoms with E-state index in [1.807, 2.05) is 27.8 Å². The number of rotatable bonds is 1. The number of carbonyl (C=O) groups is 1. The molecular weight excluding hydrogens is 176 g/mol. The van der Waals surface area contributed by atoms with E-state index in [0.29, 0.717) is 6.04 Å². The summed E-state index contributed by atoms with van der Waals surface area (Å²) >= 11 is 0. The lowest BCUT2D eigenvalue weighted by Gasteiger charge is -2.24. The largest absolute Gasteiger partial charge is 0.343 e. The first kappa shape index (κ1) is 9.31. The number of aryl methyl sites for hydroxylation is 1. The van der Waals surface area contributed by atoms with Crippen molar-refractivity contribution in [1.82, 2.24) is 9.47 Å². The number of hydrogen-bond donors (Lipinski definition) is 0. The highest BCUT2D eigenvalue weighted by Gasteiger charge is 2.23. The van der Waals surface area contributed by atoms with Crippen molar-refractivity contribution in [1.29, 1.82) is 0 Å². The standard InChI is InChI=1S/C11H16N2O/c1-9(2)13-8-4-7-12-6-3-5-10(12)11(13)14/h3,5-6,9H,4,7-8H2,1-2H3. The fourth-order valence-corrected chi connectivity index (χ4v) is 1.96. The van der Waals surface area contributed by atoms with Gasteiger partial charge in [-0.3, -0.25) is 4.79 Å². The average Bonchev–Trinajstić information content (AvgIpc) is 2.53. The normalized spacial score (nSPS) is 17.1. The topological polar surface area (TPSA) is 25.2 Å². The molecule has 0 aliphatic carbocycles. The molecule has 14 heavy (non-hydrogen) atoms. The number of fused-ring (bicyclic) bond motifs is 1. The lowest BCUT2D eigenvalue weighted by atomic mass is 10.2. The molecule has 1 aromatic heterocycles. The van der Waals surface area contributed by atoms with Gasteiger partial charge >= 0.3 is 0 Å². The van der Waals surface area contributed by atoms with Crippen LogP contribution in [0.3, 0.4) is 0 Å². The van der Waals surface area contributed by atoms with Gasteiger partial charge in [0, 0.05) is 25.3 Å². The van der Waals surface area contributed by atoms with Gasteiger partial charge in [-0.25, -0.2) is 0 Å². The maximum absolute atomic E-state index is 12.0. The molecule has 1 aromatic rings. The van der Waals surface area contributed by atoms with E-state index < -0.39 is 0 Å². The molecule has 3 heteroatoms. The van der Waals surface area contributed by atoms with Crippen LogP contribution in [0.5, 0.6) is 0 Å². The maximum atomic E-state index is 12.0. The summed E-state index contributed by atoms with van der Waals surface area (Å²) in [5.41, 5.74) is 0.830. The van der Waals surface area contributed by atoms with E-state index in [2.05, 4.69) is 13.8 Å². The van der Waals surface area contributed by atoms with Crippen molar-refractivity contribution in [3.63, 3.8) is 0 Å². The van der Waals surface area contributed by atoms with Gasteiger partial charge in [-0.2, -0.15) is 0 Å². The quantitative estimate of drug-likeness (QED) is 0.665. The van der Waals surface area contributed by atoms with E-state index in [-0.39, 0.29) is 5.91 Å². The molecule has 0 saturated carbocycles. The van der Waals surface area contributed by atoms with Crippen LogP contribution in [0.4, 0.5) is 0 Å². The lowest BCUT2D eigenvalue weighted by molar-refractivity contribution is 0.0709. The van der Waals surface area contributed by atoms with Crippen molar-refractivity contribution in [2.45, 2.75) is 32.9 Å². The first-order valence-electron chi connectivity index (χ1n) is 5.16. The third-order valence-electron chi connectivity index (χ3n) is 2.73. The molecule has 0 saturated heterocycles. The third-order valence-corrected chi connectivity index (χ3v) is 2.73. The Morgan fingerprint density at radius 2 is 2.14 bits per heavy atom. The van der Waals surface area contributed by atoms with E-state index in [1.165, 1.54) is 0 Å². The smallest absolute Gasteiger partial charge is 0.270 e. The molecule has 0 radical (unpaired) electrons. The Morgan fingerprint density at radius 1 is 1.36 bits per heavy atom. The molecule has 0 atom stereocenters. The summed E-state index contributed by atoms with van der Waals surface area (Å²) in [6, 6.07) is 4.14. The van der Waals surface area contributed by atoms with Crippen molar-refractivity contribution in [3.8, 4) is 0 Å². The Kier molecular flexibility index (Phi) is 2.32. The van der Waals surface area contributed by atoms with Crippen LogP contribution in [0.15, 0.2) is 18.3 Å². The average molecular weight is 192 g/mol. The van der Waals surface area contributed by atoms with Crippen molar-refractivity contribution in [2.75, 3.05) is 6.54 Å². The minimum Gasteiger partial charge on any atom is -0.343 e. The molecule has 1 amide bonds. The number of aromatic nitrogens is 1. The summed E-state index contributed by atoms with van der Waals surface area (Å²) in [5.74, 6) is 0.169. The van der Waals surface area contributed by atoms with E-state index in [1.54, 1.807) is 0 Å². The highest BCUT2D eigenvalue weighted by molar-refractivity contribution is 5.93. The molecule has 0 unspecified atom stereocenters. The minimum absolute atomic E-state index is 0.169. The SMILES string of the molecule is CC(C)N1CCCn2cccc2C1=O. The molecule has 76 valence electrons. The fraction of sp³-hybridized carbons (Fsp3) is 0.545. The second-order valence-electron chi connectivity index (χ2n) is 4.03. The molecule has 0 N–H and O–H groups in total. The number of nitrogens with zero attached hydrogens (tertiary/aromatic N) is 2. The fourth-order valence-electron chi connectivity index (χ4n) is 1.96. The zero-order valence-electron chi connectivity index (χ0n) is 8.73. The molecule has 0 spiro atoms. The van der Waals surface area contributed by atoms with Gasteiger partial charge in [0.2, 0.25) is 0 Å². The Bertz CT molecular complexity index is 341. The van der Waals surface area contributed by atoms with Crippen molar-refractivity contribution in [2.24, 2.45) is 0 Å². The first-order valence-corrected chi connectivity index (χ1v) is 5.16. The highest BCUT2D eigenvalue weighted by Crippen LogP contribution is 2.15. The van der Waals surface area contributed by atoms with E-state index >= 15 is 0 Å². The Morgan fingerprint density at radius 3 is 2.86 bits per heavy atom. The predicted molar refractivity (Wildman–Crippen MR) is 55.2 cm³/mol. The molecular formula is C11H16N2O. The monoisotopic (exact) mass is 192 g/mol. The van der Waals surface area contributed by atoms with Gasteiger partial charge < -0.3 is 9.47 Å². The lowest BCUT2D eigenvalue weighted by Crippen LogP contribution is -2.36. The number of hydrogen-bond acceptors (Lipinski definition) is 1. The molecule has 0 aromatic carbocycles. The van der Waals surface area contributed by atoms with E-state index in [0.717, 1.165) is 25.2 Å². The highest BCUT2D eigenvalue weighted by atomic mass is 16.2. The molecule has 0 bridgehead atoms. The summed E-state index contributed by atoms with van der Waals surface area (Å²) in [5, 5.41) is 0. The van der Waals surface area contributed by atoms with E-state index in [4.69, 9.17) is 0 Å². The molecule has 3 nitrogen and oxygen atoms in total. The van der Waals surface area contributed by atoms with Crippen LogP contribution in [0.2, 0.25) is 0 Å². The summed E-state index contributed by atoms with van der Waals surface area (Å²) < 4.78 is 2.05. The minimum atomic E-state index is 0.169. The molecule has 0 fully saturated rings. The summed E-state index contributed by atoms with van der Waals surface area (Å²) in [7, 11) is 0. The Labute approximate surface area is 84.3 Å². The maximum Gasteiger partial charge on any atom is 0.270 e. The number of amides is 1. The molecule has 2 heterocycles. The molecule has 1 aliphatic rings. The number of carbonyl (C=O) groups excluding carboxylic acids is 1. The van der Waals surface area contributed by atoms with Gasteiger partial charge in [0.25, 0.3) is 5.91 Å². The van der Waals surface area contributed by atoms with Crippen LogP contribution >= 0.6 is 0 Å². The van der Waals surface area contributed by atoms with Crippen molar-refractivity contribution >= 4 is 5.91 Å². The van der Waals surface area contributed by atoms with E-state index in [9.17, 15) is 4.79 Å². The molecule has 2 rings (SSSR count). The third kappa shape index (κ3) is 1.43. The van der Waals surface area contributed by atoms with Crippen molar-refractivity contribution in [3.05, 3.63) is 24.0 Å². The summed E-state index contributed by atoms with van der Waals surface area (Å²) in [6.45, 7) is 5.96. The van der Waals surface area contributed by atoms with Crippen LogP contribution in [0, 0.1) is 0 Å². The Hall–Kier alpha value is -1.25. The van der Waals surface area contributed by atoms with Gasteiger partial charge in [-0.15, -0.1) is 0 Å². The molecule has 1 aliphatic heterocycles. The summed E-state index contributed by atoms with van der Waals surface area (Å²) in [4.78, 5) is 14.0. The van der Waals surface area contributed by atoms with Crippen LogP contribution in [0.25, 0.3) is 0 Å². The second-order valence-corrected chi connectivity index (χ2v) is 4.03. The van der Waals surface area contributed by atoms with Gasteiger partial charge in [-0.1, -0.05) is 0 Å². The Balaban J connectivity index is 2.34. The second kappa shape index (κ2) is 3.48. The van der Waals surface area contributed by atoms with Crippen LogP contribution < -0.4 is 0 Å². The van der Waals surface area contributed by atoms with Crippen LogP contribution in [-0.2, 0) is 6.54 Å². The zero-order valence-corrected chi connectivity index (χ0v) is 8.73. The predicted octanol–water partition coefficient (Wildman–Crippen LogP) is 1.74. The van der Waals surface area contributed by atoms with Gasteiger partial charge in [0.05, 0.1) is 0 Å². The first-order chi connectivity index (χ1) is 6.70. The summed E-state index contributed by atoms with van der Waals surface area (Å²) in [6.07, 6.45) is 3.03. The van der Waals surface area contributed by atoms with Crippen LogP contribution in [-0.4, -0.2) is 28.0 Å². The van der Waals surface area contributed by atoms with Gasteiger partial charge in [0.15, 0.2) is 0 Å².